The molecule has 0 aliphatic carbocycles. The molecule has 1 nitrogen and oxygen atoms in total. The first kappa shape index (κ1) is 12.6. The number of rotatable bonds is 2. The molecule has 1 rings (SSSR count). The summed E-state index contributed by atoms with van der Waals surface area (Å²) in [6, 6.07) is 0. The number of halogens is 1. The van der Waals surface area contributed by atoms with E-state index in [4.69, 9.17) is 4.74 Å². The average molecular weight is 188 g/mol. The molecular formula is C11H21FO. The van der Waals surface area contributed by atoms with Crippen LogP contribution < -0.4 is 0 Å². The van der Waals surface area contributed by atoms with E-state index in [1.54, 1.807) is 6.08 Å². The Morgan fingerprint density at radius 1 is 1.46 bits per heavy atom. The van der Waals surface area contributed by atoms with Crippen molar-refractivity contribution in [2.24, 2.45) is 5.92 Å². The van der Waals surface area contributed by atoms with Crippen molar-refractivity contribution in [2.45, 2.75) is 53.2 Å². The lowest BCUT2D eigenvalue weighted by Crippen LogP contribution is -2.18. The van der Waals surface area contributed by atoms with E-state index >= 15 is 0 Å². The van der Waals surface area contributed by atoms with Gasteiger partial charge in [-0.3, -0.25) is 0 Å². The van der Waals surface area contributed by atoms with Crippen LogP contribution >= 0.6 is 0 Å². The Labute approximate surface area is 81.0 Å². The summed E-state index contributed by atoms with van der Waals surface area (Å²) in [5.74, 6) is 0.148. The predicted octanol–water partition coefficient (Wildman–Crippen LogP) is 3.70. The molecule has 0 fully saturated rings. The molecule has 2 heteroatoms. The maximum Gasteiger partial charge on any atom is 0.128 e. The van der Waals surface area contributed by atoms with Crippen LogP contribution in [0.2, 0.25) is 0 Å². The quantitative estimate of drug-likeness (QED) is 0.642. The highest BCUT2D eigenvalue weighted by molar-refractivity contribution is 5.09. The van der Waals surface area contributed by atoms with E-state index in [9.17, 15) is 4.39 Å². The summed E-state index contributed by atoms with van der Waals surface area (Å²) in [4.78, 5) is 0. The molecule has 13 heavy (non-hydrogen) atoms. The van der Waals surface area contributed by atoms with Gasteiger partial charge in [-0.2, -0.15) is 0 Å². The Hall–Kier alpha value is -0.370. The van der Waals surface area contributed by atoms with Gasteiger partial charge in [0.2, 0.25) is 0 Å². The second-order valence-corrected chi connectivity index (χ2v) is 3.30. The van der Waals surface area contributed by atoms with E-state index in [0.717, 1.165) is 6.42 Å². The lowest BCUT2D eigenvalue weighted by molar-refractivity contribution is 0.0204. The van der Waals surface area contributed by atoms with Crippen molar-refractivity contribution in [1.82, 2.24) is 0 Å². The van der Waals surface area contributed by atoms with Crippen LogP contribution in [0.15, 0.2) is 11.9 Å². The Balaban J connectivity index is 0.000000671. The van der Waals surface area contributed by atoms with Gasteiger partial charge >= 0.3 is 0 Å². The van der Waals surface area contributed by atoms with Gasteiger partial charge in [0.15, 0.2) is 0 Å². The highest BCUT2D eigenvalue weighted by Crippen LogP contribution is 2.27. The molecule has 1 aliphatic heterocycles. The Morgan fingerprint density at radius 2 is 2.00 bits per heavy atom. The van der Waals surface area contributed by atoms with Gasteiger partial charge in [0.05, 0.1) is 6.10 Å². The molecule has 1 aliphatic rings. The zero-order valence-corrected chi connectivity index (χ0v) is 9.30. The molecule has 0 radical (unpaired) electrons. The fourth-order valence-electron chi connectivity index (χ4n) is 1.25. The summed E-state index contributed by atoms with van der Waals surface area (Å²) >= 11 is 0. The molecule has 0 spiro atoms. The average Bonchev–Trinajstić information content (AvgIpc) is 2.50. The minimum absolute atomic E-state index is 0.00222. The van der Waals surface area contributed by atoms with Gasteiger partial charge in [-0.05, 0) is 18.4 Å². The lowest BCUT2D eigenvalue weighted by atomic mass is 10.1. The van der Waals surface area contributed by atoms with Crippen LogP contribution in [-0.4, -0.2) is 12.2 Å². The number of hydrogen-bond donors (Lipinski definition) is 0. The van der Waals surface area contributed by atoms with Crippen molar-refractivity contribution in [3.8, 4) is 0 Å². The molecule has 0 aromatic rings. The fourth-order valence-corrected chi connectivity index (χ4v) is 1.25. The Kier molecular flexibility index (Phi) is 5.97. The zero-order chi connectivity index (χ0) is 10.4. The van der Waals surface area contributed by atoms with Crippen LogP contribution in [0.1, 0.15) is 41.0 Å². The van der Waals surface area contributed by atoms with E-state index in [1.807, 2.05) is 34.6 Å². The van der Waals surface area contributed by atoms with Crippen molar-refractivity contribution in [3.63, 3.8) is 0 Å². The molecule has 0 aromatic heterocycles. The third-order valence-corrected chi connectivity index (χ3v) is 1.95. The van der Waals surface area contributed by atoms with Crippen LogP contribution in [0.25, 0.3) is 0 Å². The van der Waals surface area contributed by atoms with Crippen LogP contribution in [0, 0.1) is 5.92 Å². The normalized spacial score (nSPS) is 26.8. The third-order valence-electron chi connectivity index (χ3n) is 1.95. The van der Waals surface area contributed by atoms with Crippen LogP contribution in [0.4, 0.5) is 4.39 Å². The molecule has 0 aromatic carbocycles. The van der Waals surface area contributed by atoms with Crippen molar-refractivity contribution >= 4 is 0 Å². The van der Waals surface area contributed by atoms with E-state index in [1.165, 1.54) is 0 Å². The van der Waals surface area contributed by atoms with Gasteiger partial charge in [0.25, 0.3) is 0 Å². The maximum atomic E-state index is 13.0. The van der Waals surface area contributed by atoms with E-state index in [-0.39, 0.29) is 24.0 Å². The zero-order valence-electron chi connectivity index (χ0n) is 9.30. The molecule has 2 unspecified atom stereocenters. The summed E-state index contributed by atoms with van der Waals surface area (Å²) in [6.45, 7) is 9.93. The molecular weight excluding hydrogens is 167 g/mol. The first-order chi connectivity index (χ1) is 6.15. The largest absolute Gasteiger partial charge is 0.363 e. The van der Waals surface area contributed by atoms with Gasteiger partial charge in [-0.25, -0.2) is 4.39 Å². The smallest absolute Gasteiger partial charge is 0.128 e. The van der Waals surface area contributed by atoms with Crippen molar-refractivity contribution < 1.29 is 9.13 Å². The molecule has 0 bridgehead atoms. The summed E-state index contributed by atoms with van der Waals surface area (Å²) < 4.78 is 18.4. The standard InChI is InChI=1S/C9H15FO.C2H6/c1-4-7-5-8(10)9(11-7)6(2)3;1-2/h5-7,9H,4H2,1-3H3;1-2H3. The van der Waals surface area contributed by atoms with Gasteiger partial charge in [0, 0.05) is 0 Å². The van der Waals surface area contributed by atoms with Gasteiger partial charge in [-0.1, -0.05) is 34.6 Å². The Bertz CT molecular complexity index is 163. The topological polar surface area (TPSA) is 9.23 Å². The minimum atomic E-state index is -0.292. The molecule has 0 saturated heterocycles. The second kappa shape index (κ2) is 6.14. The van der Waals surface area contributed by atoms with Gasteiger partial charge < -0.3 is 4.74 Å². The monoisotopic (exact) mass is 188 g/mol. The number of ether oxygens (including phenoxy) is 1. The van der Waals surface area contributed by atoms with E-state index < -0.39 is 0 Å². The summed E-state index contributed by atoms with van der Waals surface area (Å²) in [5, 5.41) is 0. The third kappa shape index (κ3) is 3.47. The second-order valence-electron chi connectivity index (χ2n) is 3.30. The molecule has 0 amide bonds. The summed E-state index contributed by atoms with van der Waals surface area (Å²) in [5.41, 5.74) is 0. The molecule has 1 heterocycles. The highest BCUT2D eigenvalue weighted by Gasteiger charge is 2.28. The van der Waals surface area contributed by atoms with Crippen molar-refractivity contribution in [2.75, 3.05) is 0 Å². The van der Waals surface area contributed by atoms with E-state index in [0.29, 0.717) is 0 Å². The van der Waals surface area contributed by atoms with Crippen LogP contribution in [-0.2, 0) is 4.74 Å². The minimum Gasteiger partial charge on any atom is -0.363 e. The molecule has 78 valence electrons. The molecule has 0 N–H and O–H groups in total. The molecule has 0 saturated carbocycles. The highest BCUT2D eigenvalue weighted by atomic mass is 19.1. The Morgan fingerprint density at radius 3 is 2.23 bits per heavy atom. The van der Waals surface area contributed by atoms with Crippen LogP contribution in [0.3, 0.4) is 0 Å². The summed E-state index contributed by atoms with van der Waals surface area (Å²) in [6.07, 6.45) is 2.16. The van der Waals surface area contributed by atoms with E-state index in [2.05, 4.69) is 0 Å². The number of hydrogen-bond acceptors (Lipinski definition) is 1. The van der Waals surface area contributed by atoms with Crippen molar-refractivity contribution in [1.29, 1.82) is 0 Å². The van der Waals surface area contributed by atoms with Crippen molar-refractivity contribution in [3.05, 3.63) is 11.9 Å². The first-order valence-electron chi connectivity index (χ1n) is 5.17. The van der Waals surface area contributed by atoms with Crippen LogP contribution in [0.5, 0.6) is 0 Å². The lowest BCUT2D eigenvalue weighted by Gasteiger charge is -2.16. The predicted molar refractivity (Wildman–Crippen MR) is 54.3 cm³/mol. The van der Waals surface area contributed by atoms with Gasteiger partial charge in [-0.15, -0.1) is 0 Å². The maximum absolute atomic E-state index is 13.0. The SMILES string of the molecule is CC.CCC1C=C(F)C(C(C)C)O1. The fraction of sp³-hybridized carbons (Fsp3) is 0.818. The first-order valence-corrected chi connectivity index (χ1v) is 5.17. The summed E-state index contributed by atoms with van der Waals surface area (Å²) in [7, 11) is 0. The van der Waals surface area contributed by atoms with Gasteiger partial charge in [0.1, 0.15) is 11.9 Å². The molecule has 2 atom stereocenters.